The van der Waals surface area contributed by atoms with Gasteiger partial charge < -0.3 is 4.98 Å². The maximum Gasteiger partial charge on any atom is 0.196 e. The van der Waals surface area contributed by atoms with Gasteiger partial charge in [0.05, 0.1) is 17.1 Å². The summed E-state index contributed by atoms with van der Waals surface area (Å²) >= 11 is 1.08. The summed E-state index contributed by atoms with van der Waals surface area (Å²) in [6, 6.07) is 12.3. The summed E-state index contributed by atoms with van der Waals surface area (Å²) in [6.07, 6.45) is 0. The number of carbonyl (C=O) groups is 2. The number of aryl methyl sites for hydroxylation is 1. The van der Waals surface area contributed by atoms with Crippen molar-refractivity contribution >= 4 is 23.3 Å². The Morgan fingerprint density at radius 2 is 1.79 bits per heavy atom. The van der Waals surface area contributed by atoms with Gasteiger partial charge in [-0.1, -0.05) is 42.1 Å². The molecular weight excluding hydrogens is 446 g/mol. The molecule has 168 valence electrons. The Morgan fingerprint density at radius 1 is 1.06 bits per heavy atom. The largest absolute Gasteiger partial charge is 0.355 e. The van der Waals surface area contributed by atoms with Crippen molar-refractivity contribution in [2.24, 2.45) is 0 Å². The number of carbonyl (C=O) groups excluding carboxylic acids is 2. The number of aromatic nitrogens is 4. The highest BCUT2D eigenvalue weighted by Crippen LogP contribution is 2.30. The Labute approximate surface area is 193 Å². The molecule has 0 aliphatic carbocycles. The average Bonchev–Trinajstić information content (AvgIpc) is 3.33. The minimum Gasteiger partial charge on any atom is -0.355 e. The number of H-pyrrole nitrogens is 1. The Balaban J connectivity index is 1.70. The topological polar surface area (TPSA) is 80.6 Å². The molecule has 0 amide bonds. The van der Waals surface area contributed by atoms with Crippen molar-refractivity contribution in [1.82, 2.24) is 19.7 Å². The van der Waals surface area contributed by atoms with Crippen molar-refractivity contribution in [3.63, 3.8) is 0 Å². The van der Waals surface area contributed by atoms with Crippen molar-refractivity contribution < 1.29 is 18.4 Å². The lowest BCUT2D eigenvalue weighted by Gasteiger charge is -2.11. The van der Waals surface area contributed by atoms with Gasteiger partial charge in [0.25, 0.3) is 0 Å². The van der Waals surface area contributed by atoms with Gasteiger partial charge in [0, 0.05) is 22.9 Å². The Bertz CT molecular complexity index is 1360. The van der Waals surface area contributed by atoms with E-state index >= 15 is 0 Å². The van der Waals surface area contributed by atoms with Gasteiger partial charge in [0.15, 0.2) is 22.5 Å². The molecule has 0 radical (unpaired) electrons. The lowest BCUT2D eigenvalue weighted by molar-refractivity contribution is 0.101. The molecule has 9 heteroatoms. The third-order valence-electron chi connectivity index (χ3n) is 5.22. The molecule has 0 aliphatic heterocycles. The number of hydrogen-bond acceptors (Lipinski definition) is 5. The zero-order valence-electron chi connectivity index (χ0n) is 18.1. The summed E-state index contributed by atoms with van der Waals surface area (Å²) in [7, 11) is 0. The van der Waals surface area contributed by atoms with Crippen LogP contribution in [0.25, 0.3) is 17.1 Å². The summed E-state index contributed by atoms with van der Waals surface area (Å²) < 4.78 is 29.7. The molecule has 0 atom stereocenters. The summed E-state index contributed by atoms with van der Waals surface area (Å²) in [5, 5.41) is 8.65. The van der Waals surface area contributed by atoms with E-state index in [0.717, 1.165) is 23.9 Å². The third-order valence-corrected chi connectivity index (χ3v) is 6.15. The monoisotopic (exact) mass is 466 g/mol. The fourth-order valence-corrected chi connectivity index (χ4v) is 4.59. The molecule has 0 spiro atoms. The quantitative estimate of drug-likeness (QED) is 0.294. The van der Waals surface area contributed by atoms with Gasteiger partial charge in [-0.15, -0.1) is 10.2 Å². The SMILES string of the molecule is CC(=O)c1c(C)[nH]c(C(=O)CSc2nnc(-c3ccccc3)n2-c2ccc(F)cc2F)c1C. The van der Waals surface area contributed by atoms with Crippen LogP contribution in [0.3, 0.4) is 0 Å². The maximum atomic E-state index is 14.7. The van der Waals surface area contributed by atoms with E-state index < -0.39 is 11.6 Å². The number of rotatable bonds is 7. The van der Waals surface area contributed by atoms with Crippen molar-refractivity contribution in [3.8, 4) is 17.1 Å². The molecule has 2 aromatic carbocycles. The third kappa shape index (κ3) is 4.36. The van der Waals surface area contributed by atoms with E-state index in [2.05, 4.69) is 15.2 Å². The second-order valence-electron chi connectivity index (χ2n) is 7.50. The van der Waals surface area contributed by atoms with Crippen LogP contribution < -0.4 is 0 Å². The molecule has 1 N–H and O–H groups in total. The molecule has 0 fully saturated rings. The molecule has 0 saturated heterocycles. The first-order valence-electron chi connectivity index (χ1n) is 10.1. The Kier molecular flexibility index (Phi) is 6.24. The van der Waals surface area contributed by atoms with Gasteiger partial charge >= 0.3 is 0 Å². The molecule has 2 heterocycles. The molecule has 6 nitrogen and oxygen atoms in total. The highest BCUT2D eigenvalue weighted by atomic mass is 32.2. The van der Waals surface area contributed by atoms with E-state index in [0.29, 0.717) is 33.9 Å². The minimum atomic E-state index is -0.776. The van der Waals surface area contributed by atoms with E-state index in [9.17, 15) is 18.4 Å². The molecular formula is C24H20F2N4O2S. The molecule has 4 aromatic rings. The van der Waals surface area contributed by atoms with Crippen LogP contribution in [0.5, 0.6) is 0 Å². The van der Waals surface area contributed by atoms with Crippen LogP contribution in [0.1, 0.15) is 39.0 Å². The number of ketones is 2. The molecule has 33 heavy (non-hydrogen) atoms. The molecule has 2 aromatic heterocycles. The van der Waals surface area contributed by atoms with Gasteiger partial charge in [0.1, 0.15) is 11.6 Å². The van der Waals surface area contributed by atoms with Crippen LogP contribution in [-0.2, 0) is 0 Å². The second-order valence-corrected chi connectivity index (χ2v) is 8.44. The van der Waals surface area contributed by atoms with Gasteiger partial charge in [0.2, 0.25) is 0 Å². The zero-order chi connectivity index (χ0) is 23.7. The summed E-state index contributed by atoms with van der Waals surface area (Å²) in [4.78, 5) is 27.8. The van der Waals surface area contributed by atoms with Crippen molar-refractivity contribution in [2.75, 3.05) is 5.75 Å². The van der Waals surface area contributed by atoms with Crippen LogP contribution in [0.15, 0.2) is 53.7 Å². The van der Waals surface area contributed by atoms with E-state index in [1.54, 1.807) is 26.0 Å². The van der Waals surface area contributed by atoms with E-state index in [1.165, 1.54) is 17.6 Å². The van der Waals surface area contributed by atoms with Crippen LogP contribution >= 0.6 is 11.8 Å². The number of hydrogen-bond donors (Lipinski definition) is 1. The highest BCUT2D eigenvalue weighted by molar-refractivity contribution is 7.99. The number of nitrogens with zero attached hydrogens (tertiary/aromatic N) is 3. The first kappa shape index (κ1) is 22.6. The predicted octanol–water partition coefficient (Wildman–Crippen LogP) is 5.34. The lowest BCUT2D eigenvalue weighted by Crippen LogP contribution is -2.08. The molecule has 0 unspecified atom stereocenters. The second kappa shape index (κ2) is 9.11. The predicted molar refractivity (Wildman–Crippen MR) is 122 cm³/mol. The van der Waals surface area contributed by atoms with Gasteiger partial charge in [-0.05, 0) is 38.5 Å². The van der Waals surface area contributed by atoms with E-state index in [-0.39, 0.29) is 28.2 Å². The fourth-order valence-electron chi connectivity index (χ4n) is 3.78. The maximum absolute atomic E-state index is 14.7. The molecule has 0 bridgehead atoms. The number of thioether (sulfide) groups is 1. The smallest absolute Gasteiger partial charge is 0.196 e. The summed E-state index contributed by atoms with van der Waals surface area (Å²) in [5.41, 5.74) is 2.85. The number of benzene rings is 2. The van der Waals surface area contributed by atoms with E-state index in [4.69, 9.17) is 0 Å². The van der Waals surface area contributed by atoms with Crippen molar-refractivity contribution in [1.29, 1.82) is 0 Å². The fraction of sp³-hybridized carbons (Fsp3) is 0.167. The summed E-state index contributed by atoms with van der Waals surface area (Å²) in [5.74, 6) is -1.48. The Hall–Kier alpha value is -3.59. The van der Waals surface area contributed by atoms with E-state index in [1.807, 2.05) is 18.2 Å². The van der Waals surface area contributed by atoms with Crippen LogP contribution in [0.4, 0.5) is 8.78 Å². The number of Topliss-reactive ketones (excluding diaryl/α,β-unsaturated/α-hetero) is 2. The lowest BCUT2D eigenvalue weighted by atomic mass is 10.1. The molecule has 0 saturated carbocycles. The first-order chi connectivity index (χ1) is 15.8. The summed E-state index contributed by atoms with van der Waals surface area (Å²) in [6.45, 7) is 4.92. The molecule has 4 rings (SSSR count). The van der Waals surface area contributed by atoms with Crippen molar-refractivity contribution in [3.05, 3.63) is 82.7 Å². The first-order valence-corrected chi connectivity index (χ1v) is 11.1. The molecule has 0 aliphatic rings. The zero-order valence-corrected chi connectivity index (χ0v) is 19.0. The van der Waals surface area contributed by atoms with Gasteiger partial charge in [-0.2, -0.15) is 0 Å². The highest BCUT2D eigenvalue weighted by Gasteiger charge is 2.23. The Morgan fingerprint density at radius 3 is 2.42 bits per heavy atom. The van der Waals surface area contributed by atoms with Gasteiger partial charge in [-0.25, -0.2) is 8.78 Å². The standard InChI is InChI=1S/C24H20F2N4O2S/c1-13-21(15(3)31)14(2)27-22(13)20(32)12-33-24-29-28-23(16-7-5-4-6-8-16)30(24)19-10-9-17(25)11-18(19)26/h4-11,27H,12H2,1-3H3. The van der Waals surface area contributed by atoms with Gasteiger partial charge in [-0.3, -0.25) is 14.2 Å². The van der Waals surface area contributed by atoms with Crippen LogP contribution in [-0.4, -0.2) is 37.1 Å². The average molecular weight is 467 g/mol. The number of aromatic amines is 1. The number of halogens is 2. The van der Waals surface area contributed by atoms with Crippen LogP contribution in [0.2, 0.25) is 0 Å². The van der Waals surface area contributed by atoms with Crippen molar-refractivity contribution in [2.45, 2.75) is 25.9 Å². The number of nitrogens with one attached hydrogen (secondary N) is 1. The van der Waals surface area contributed by atoms with Crippen LogP contribution in [0, 0.1) is 25.5 Å². The minimum absolute atomic E-state index is 0.0200. The normalized spacial score (nSPS) is 11.1.